The van der Waals surface area contributed by atoms with Crippen LogP contribution in [-0.4, -0.2) is 37.6 Å². The van der Waals surface area contributed by atoms with Crippen LogP contribution < -0.4 is 10.6 Å². The zero-order chi connectivity index (χ0) is 24.1. The molecule has 0 radical (unpaired) electrons. The fraction of sp³-hybridized carbons (Fsp3) is 0.333. The van der Waals surface area contributed by atoms with Gasteiger partial charge in [-0.25, -0.2) is 13.6 Å². The molecule has 0 spiro atoms. The smallest absolute Gasteiger partial charge is 0.319 e. The maximum atomic E-state index is 13.5. The standard InChI is InChI=1S/C27H28F2N4O/c1-33-13-11-27(12-14-33,18-31-26(34)32-23-9-10-24(28)25(29)16-23)22-7-5-20(6-8-22)21-4-2-3-19(15-21)17-30/h2-5,7,9-10,15-16H,6,8,11-14,18H2,1H3,(H2,31,32,34). The number of urea groups is 1. The number of benzene rings is 2. The molecule has 2 aromatic carbocycles. The highest BCUT2D eigenvalue weighted by molar-refractivity contribution is 5.89. The number of carbonyl (C=O) groups is 1. The lowest BCUT2D eigenvalue weighted by Gasteiger charge is -2.43. The van der Waals surface area contributed by atoms with Gasteiger partial charge in [0, 0.05) is 23.7 Å². The predicted octanol–water partition coefficient (Wildman–Crippen LogP) is 5.47. The van der Waals surface area contributed by atoms with Gasteiger partial charge in [-0.1, -0.05) is 29.9 Å². The summed E-state index contributed by atoms with van der Waals surface area (Å²) in [6.07, 6.45) is 7.93. The molecule has 1 saturated heterocycles. The van der Waals surface area contributed by atoms with Crippen LogP contribution in [-0.2, 0) is 0 Å². The molecule has 34 heavy (non-hydrogen) atoms. The van der Waals surface area contributed by atoms with E-state index in [-0.39, 0.29) is 11.1 Å². The number of rotatable bonds is 5. The van der Waals surface area contributed by atoms with Crippen LogP contribution in [0, 0.1) is 28.4 Å². The summed E-state index contributed by atoms with van der Waals surface area (Å²) in [4.78, 5) is 14.8. The third kappa shape index (κ3) is 5.35. The SMILES string of the molecule is CN1CCC(CNC(=O)Nc2ccc(F)c(F)c2)(C2=CC=C(c3cccc(C#N)c3)CC2)CC1. The molecule has 1 aliphatic carbocycles. The summed E-state index contributed by atoms with van der Waals surface area (Å²) >= 11 is 0. The van der Waals surface area contributed by atoms with Crippen molar-refractivity contribution in [1.82, 2.24) is 10.2 Å². The van der Waals surface area contributed by atoms with Crippen molar-refractivity contribution in [2.45, 2.75) is 25.7 Å². The zero-order valence-corrected chi connectivity index (χ0v) is 19.2. The van der Waals surface area contributed by atoms with E-state index in [0.717, 1.165) is 56.5 Å². The minimum atomic E-state index is -1.00. The fourth-order valence-electron chi connectivity index (χ4n) is 4.76. The maximum Gasteiger partial charge on any atom is 0.319 e. The van der Waals surface area contributed by atoms with E-state index in [1.54, 1.807) is 6.07 Å². The topological polar surface area (TPSA) is 68.2 Å². The predicted molar refractivity (Wildman–Crippen MR) is 129 cm³/mol. The van der Waals surface area contributed by atoms with Crippen molar-refractivity contribution in [3.8, 4) is 6.07 Å². The Morgan fingerprint density at radius 3 is 2.56 bits per heavy atom. The lowest BCUT2D eigenvalue weighted by Crippen LogP contribution is -2.47. The number of hydrogen-bond acceptors (Lipinski definition) is 3. The highest BCUT2D eigenvalue weighted by Crippen LogP contribution is 2.43. The van der Waals surface area contributed by atoms with Crippen molar-refractivity contribution in [2.24, 2.45) is 5.41 Å². The molecule has 2 aliphatic rings. The number of halogens is 2. The molecular weight excluding hydrogens is 434 g/mol. The molecule has 2 aromatic rings. The lowest BCUT2D eigenvalue weighted by molar-refractivity contribution is 0.149. The number of nitriles is 1. The van der Waals surface area contributed by atoms with Crippen molar-refractivity contribution < 1.29 is 13.6 Å². The van der Waals surface area contributed by atoms with Crippen LogP contribution in [0.25, 0.3) is 5.57 Å². The Morgan fingerprint density at radius 2 is 1.88 bits per heavy atom. The van der Waals surface area contributed by atoms with Gasteiger partial charge in [0.2, 0.25) is 0 Å². The van der Waals surface area contributed by atoms with E-state index in [0.29, 0.717) is 12.1 Å². The Hall–Kier alpha value is -3.50. The minimum Gasteiger partial charge on any atom is -0.337 e. The monoisotopic (exact) mass is 462 g/mol. The molecule has 1 fully saturated rings. The van der Waals surface area contributed by atoms with Crippen LogP contribution in [0.4, 0.5) is 19.3 Å². The van der Waals surface area contributed by atoms with E-state index < -0.39 is 17.7 Å². The van der Waals surface area contributed by atoms with Crippen molar-refractivity contribution in [2.75, 3.05) is 32.0 Å². The number of piperidine rings is 1. The maximum absolute atomic E-state index is 13.5. The van der Waals surface area contributed by atoms with Crippen molar-refractivity contribution >= 4 is 17.3 Å². The van der Waals surface area contributed by atoms with Crippen LogP contribution in [0.5, 0.6) is 0 Å². The quantitative estimate of drug-likeness (QED) is 0.619. The molecule has 0 saturated carbocycles. The third-order valence-electron chi connectivity index (χ3n) is 6.90. The summed E-state index contributed by atoms with van der Waals surface area (Å²) in [7, 11) is 2.10. The molecule has 7 heteroatoms. The van der Waals surface area contributed by atoms with E-state index in [2.05, 4.69) is 40.8 Å². The summed E-state index contributed by atoms with van der Waals surface area (Å²) in [6.45, 7) is 2.34. The number of amides is 2. The summed E-state index contributed by atoms with van der Waals surface area (Å²) < 4.78 is 26.6. The number of likely N-dealkylation sites (tertiary alicyclic amines) is 1. The molecule has 2 N–H and O–H groups in total. The normalized spacial score (nSPS) is 17.8. The number of hydrogen-bond donors (Lipinski definition) is 2. The van der Waals surface area contributed by atoms with Gasteiger partial charge >= 0.3 is 6.03 Å². The fourth-order valence-corrected chi connectivity index (χ4v) is 4.76. The van der Waals surface area contributed by atoms with Crippen molar-refractivity contribution in [3.63, 3.8) is 0 Å². The summed E-state index contributed by atoms with van der Waals surface area (Å²) in [5.74, 6) is -1.95. The summed E-state index contributed by atoms with van der Waals surface area (Å²) in [6, 6.07) is 12.7. The molecule has 176 valence electrons. The molecular formula is C27H28F2N4O. The first-order valence-electron chi connectivity index (χ1n) is 11.5. The first-order valence-corrected chi connectivity index (χ1v) is 11.5. The number of carbonyl (C=O) groups excluding carboxylic acids is 1. The van der Waals surface area contributed by atoms with Crippen LogP contribution in [0.2, 0.25) is 0 Å². The largest absolute Gasteiger partial charge is 0.337 e. The Labute approximate surface area is 198 Å². The first-order chi connectivity index (χ1) is 16.4. The molecule has 5 nitrogen and oxygen atoms in total. The van der Waals surface area contributed by atoms with Crippen molar-refractivity contribution in [1.29, 1.82) is 5.26 Å². The molecule has 2 amide bonds. The number of allylic oxidation sites excluding steroid dienone is 3. The second-order valence-corrected chi connectivity index (χ2v) is 9.10. The van der Waals surface area contributed by atoms with Gasteiger partial charge < -0.3 is 15.5 Å². The Balaban J connectivity index is 1.49. The minimum absolute atomic E-state index is 0.158. The van der Waals surface area contributed by atoms with Crippen LogP contribution in [0.3, 0.4) is 0 Å². The Bertz CT molecular complexity index is 1170. The van der Waals surface area contributed by atoms with Gasteiger partial charge in [-0.15, -0.1) is 0 Å². The van der Waals surface area contributed by atoms with Gasteiger partial charge in [-0.2, -0.15) is 5.26 Å². The molecule has 1 aliphatic heterocycles. The van der Waals surface area contributed by atoms with Gasteiger partial charge in [0.1, 0.15) is 0 Å². The van der Waals surface area contributed by atoms with Gasteiger partial charge in [0.05, 0.1) is 11.6 Å². The van der Waals surface area contributed by atoms with E-state index >= 15 is 0 Å². The Kier molecular flexibility index (Phi) is 7.09. The molecule has 0 bridgehead atoms. The van der Waals surface area contributed by atoms with Crippen LogP contribution in [0.15, 0.2) is 60.2 Å². The van der Waals surface area contributed by atoms with Gasteiger partial charge in [-0.3, -0.25) is 0 Å². The molecule has 4 rings (SSSR count). The number of nitrogens with one attached hydrogen (secondary N) is 2. The van der Waals surface area contributed by atoms with Gasteiger partial charge in [0.15, 0.2) is 11.6 Å². The molecule has 0 unspecified atom stereocenters. The van der Waals surface area contributed by atoms with Crippen molar-refractivity contribution in [3.05, 3.63) is 83.0 Å². The molecule has 0 aromatic heterocycles. The van der Waals surface area contributed by atoms with Gasteiger partial charge in [0.25, 0.3) is 0 Å². The van der Waals surface area contributed by atoms with Gasteiger partial charge in [-0.05, 0) is 81.2 Å². The van der Waals surface area contributed by atoms with E-state index in [1.807, 2.05) is 18.2 Å². The molecule has 1 heterocycles. The van der Waals surface area contributed by atoms with E-state index in [9.17, 15) is 18.8 Å². The number of anilines is 1. The first kappa shape index (κ1) is 23.7. The summed E-state index contributed by atoms with van der Waals surface area (Å²) in [5, 5.41) is 14.7. The van der Waals surface area contributed by atoms with E-state index in [1.165, 1.54) is 17.2 Å². The van der Waals surface area contributed by atoms with Crippen LogP contribution >= 0.6 is 0 Å². The molecule has 0 atom stereocenters. The van der Waals surface area contributed by atoms with E-state index in [4.69, 9.17) is 0 Å². The zero-order valence-electron chi connectivity index (χ0n) is 19.2. The second-order valence-electron chi connectivity index (χ2n) is 9.10. The lowest BCUT2D eigenvalue weighted by atomic mass is 9.69. The third-order valence-corrected chi connectivity index (χ3v) is 6.90. The highest BCUT2D eigenvalue weighted by Gasteiger charge is 2.37. The Morgan fingerprint density at radius 1 is 1.09 bits per heavy atom. The summed E-state index contributed by atoms with van der Waals surface area (Å²) in [5.41, 5.74) is 4.28. The average molecular weight is 463 g/mol. The van der Waals surface area contributed by atoms with Crippen LogP contribution in [0.1, 0.15) is 36.8 Å². The highest BCUT2D eigenvalue weighted by atomic mass is 19.2. The number of nitrogens with zero attached hydrogens (tertiary/aromatic N) is 2. The second kappa shape index (κ2) is 10.2. The average Bonchev–Trinajstić information content (AvgIpc) is 2.86.